The van der Waals surface area contributed by atoms with Gasteiger partial charge >= 0.3 is 12.0 Å². The maximum atomic E-state index is 11.3. The van der Waals surface area contributed by atoms with Crippen molar-refractivity contribution in [2.24, 2.45) is 0 Å². The second-order valence-electron chi connectivity index (χ2n) is 3.50. The molecule has 0 saturated heterocycles. The van der Waals surface area contributed by atoms with Crippen molar-refractivity contribution >= 4 is 17.7 Å². The van der Waals surface area contributed by atoms with Crippen LogP contribution in [0.15, 0.2) is 12.4 Å². The van der Waals surface area contributed by atoms with Gasteiger partial charge in [0.2, 0.25) is 0 Å². The SMILES string of the molecule is CC(C)(NC(=O)Nc1cn[nH]c1)C(=O)O. The number of hydrogen-bond donors (Lipinski definition) is 4. The van der Waals surface area contributed by atoms with E-state index in [1.807, 2.05) is 0 Å². The molecule has 0 bridgehead atoms. The predicted octanol–water partition coefficient (Wildman–Crippen LogP) is 0.394. The Morgan fingerprint density at radius 3 is 2.67 bits per heavy atom. The number of carbonyl (C=O) groups is 2. The van der Waals surface area contributed by atoms with E-state index < -0.39 is 17.5 Å². The summed E-state index contributed by atoms with van der Waals surface area (Å²) in [5, 5.41) is 19.6. The summed E-state index contributed by atoms with van der Waals surface area (Å²) in [7, 11) is 0. The van der Waals surface area contributed by atoms with E-state index >= 15 is 0 Å². The molecule has 0 aliphatic carbocycles. The number of carboxylic acids is 1. The molecular formula is C8H12N4O3. The lowest BCUT2D eigenvalue weighted by atomic mass is 10.1. The molecule has 0 unspecified atom stereocenters. The molecule has 15 heavy (non-hydrogen) atoms. The number of nitrogens with one attached hydrogen (secondary N) is 3. The summed E-state index contributed by atoms with van der Waals surface area (Å²) in [5.41, 5.74) is -0.845. The van der Waals surface area contributed by atoms with Crippen LogP contribution in [0.25, 0.3) is 0 Å². The quantitative estimate of drug-likeness (QED) is 0.581. The number of carboxylic acid groups (broad SMARTS) is 1. The average molecular weight is 212 g/mol. The number of H-pyrrole nitrogens is 1. The third-order valence-corrected chi connectivity index (χ3v) is 1.72. The summed E-state index contributed by atoms with van der Waals surface area (Å²) in [6.07, 6.45) is 2.89. The van der Waals surface area contributed by atoms with Crippen LogP contribution in [0.1, 0.15) is 13.8 Å². The van der Waals surface area contributed by atoms with Crippen molar-refractivity contribution in [2.45, 2.75) is 19.4 Å². The maximum Gasteiger partial charge on any atom is 0.328 e. The van der Waals surface area contributed by atoms with Gasteiger partial charge in [-0.25, -0.2) is 9.59 Å². The van der Waals surface area contributed by atoms with Gasteiger partial charge in [0, 0.05) is 6.20 Å². The first-order valence-electron chi connectivity index (χ1n) is 4.23. The Hall–Kier alpha value is -2.05. The lowest BCUT2D eigenvalue weighted by Gasteiger charge is -2.20. The number of rotatable bonds is 3. The third kappa shape index (κ3) is 2.97. The number of aromatic nitrogens is 2. The van der Waals surface area contributed by atoms with Gasteiger partial charge in [-0.1, -0.05) is 0 Å². The Balaban J connectivity index is 2.53. The minimum absolute atomic E-state index is 0.466. The van der Waals surface area contributed by atoms with E-state index in [-0.39, 0.29) is 0 Å². The van der Waals surface area contributed by atoms with Crippen LogP contribution >= 0.6 is 0 Å². The lowest BCUT2D eigenvalue weighted by Crippen LogP contribution is -2.51. The van der Waals surface area contributed by atoms with Crippen molar-refractivity contribution in [2.75, 3.05) is 5.32 Å². The highest BCUT2D eigenvalue weighted by atomic mass is 16.4. The molecule has 1 rings (SSSR count). The molecule has 0 aromatic carbocycles. The fraction of sp³-hybridized carbons (Fsp3) is 0.375. The number of hydrogen-bond acceptors (Lipinski definition) is 3. The zero-order chi connectivity index (χ0) is 11.5. The number of carbonyl (C=O) groups excluding carboxylic acids is 1. The molecule has 4 N–H and O–H groups in total. The van der Waals surface area contributed by atoms with Crippen molar-refractivity contribution < 1.29 is 14.7 Å². The van der Waals surface area contributed by atoms with Gasteiger partial charge < -0.3 is 15.7 Å². The molecule has 1 heterocycles. The van der Waals surface area contributed by atoms with Crippen LogP contribution in [0.3, 0.4) is 0 Å². The van der Waals surface area contributed by atoms with Gasteiger partial charge in [0.05, 0.1) is 11.9 Å². The Bertz CT molecular complexity index is 358. The van der Waals surface area contributed by atoms with Gasteiger partial charge in [-0.05, 0) is 13.8 Å². The highest BCUT2D eigenvalue weighted by molar-refractivity contribution is 5.93. The highest BCUT2D eigenvalue weighted by Crippen LogP contribution is 2.04. The summed E-state index contributed by atoms with van der Waals surface area (Å²) in [5.74, 6) is -1.11. The average Bonchev–Trinajstić information content (AvgIpc) is 2.54. The zero-order valence-electron chi connectivity index (χ0n) is 8.37. The number of aromatic amines is 1. The van der Waals surface area contributed by atoms with Gasteiger partial charge in [0.25, 0.3) is 0 Å². The van der Waals surface area contributed by atoms with E-state index in [9.17, 15) is 9.59 Å². The number of amides is 2. The molecule has 1 aromatic rings. The van der Waals surface area contributed by atoms with Crippen LogP contribution in [0, 0.1) is 0 Å². The van der Waals surface area contributed by atoms with E-state index in [1.54, 1.807) is 0 Å². The van der Waals surface area contributed by atoms with Gasteiger partial charge in [-0.3, -0.25) is 5.10 Å². The maximum absolute atomic E-state index is 11.3. The van der Waals surface area contributed by atoms with Crippen molar-refractivity contribution in [3.05, 3.63) is 12.4 Å². The Labute approximate surface area is 85.9 Å². The summed E-state index contributed by atoms with van der Waals surface area (Å²) < 4.78 is 0. The fourth-order valence-electron chi connectivity index (χ4n) is 0.819. The molecule has 0 saturated carbocycles. The van der Waals surface area contributed by atoms with Gasteiger partial charge in [0.15, 0.2) is 0 Å². The fourth-order valence-corrected chi connectivity index (χ4v) is 0.819. The zero-order valence-corrected chi connectivity index (χ0v) is 8.37. The van der Waals surface area contributed by atoms with Crippen molar-refractivity contribution in [1.29, 1.82) is 0 Å². The summed E-state index contributed by atoms with van der Waals surface area (Å²) >= 11 is 0. The Morgan fingerprint density at radius 2 is 2.20 bits per heavy atom. The summed E-state index contributed by atoms with van der Waals surface area (Å²) in [6.45, 7) is 2.79. The predicted molar refractivity (Wildman–Crippen MR) is 52.5 cm³/mol. The monoisotopic (exact) mass is 212 g/mol. The molecule has 0 atom stereocenters. The number of anilines is 1. The molecule has 0 radical (unpaired) electrons. The standard InChI is InChI=1S/C8H12N4O3/c1-8(2,6(13)14)12-7(15)11-5-3-9-10-4-5/h3-4H,1-2H3,(H,9,10)(H,13,14)(H2,11,12,15). The molecular weight excluding hydrogens is 200 g/mol. The Kier molecular flexibility index (Phi) is 2.93. The summed E-state index contributed by atoms with van der Waals surface area (Å²) in [6, 6.07) is -0.594. The van der Waals surface area contributed by atoms with E-state index in [4.69, 9.17) is 5.11 Å². The first-order valence-corrected chi connectivity index (χ1v) is 4.23. The topological polar surface area (TPSA) is 107 Å². The molecule has 82 valence electrons. The molecule has 0 fully saturated rings. The largest absolute Gasteiger partial charge is 0.480 e. The third-order valence-electron chi connectivity index (χ3n) is 1.72. The second kappa shape index (κ2) is 3.99. The lowest BCUT2D eigenvalue weighted by molar-refractivity contribution is -0.142. The van der Waals surface area contributed by atoms with Crippen LogP contribution in [0.4, 0.5) is 10.5 Å². The Morgan fingerprint density at radius 1 is 1.53 bits per heavy atom. The molecule has 0 spiro atoms. The van der Waals surface area contributed by atoms with E-state index in [0.29, 0.717) is 5.69 Å². The second-order valence-corrected chi connectivity index (χ2v) is 3.50. The van der Waals surface area contributed by atoms with Crippen LogP contribution in [-0.4, -0.2) is 32.8 Å². The molecule has 0 aliphatic heterocycles. The normalized spacial score (nSPS) is 10.8. The van der Waals surface area contributed by atoms with Crippen molar-refractivity contribution in [3.8, 4) is 0 Å². The van der Waals surface area contributed by atoms with Crippen LogP contribution in [0.5, 0.6) is 0 Å². The molecule has 0 aliphatic rings. The minimum Gasteiger partial charge on any atom is -0.480 e. The molecule has 2 amide bonds. The summed E-state index contributed by atoms with van der Waals surface area (Å²) in [4.78, 5) is 22.0. The van der Waals surface area contributed by atoms with Crippen LogP contribution < -0.4 is 10.6 Å². The van der Waals surface area contributed by atoms with Crippen LogP contribution in [-0.2, 0) is 4.79 Å². The van der Waals surface area contributed by atoms with Crippen molar-refractivity contribution in [3.63, 3.8) is 0 Å². The number of aliphatic carboxylic acids is 1. The number of nitrogens with zero attached hydrogens (tertiary/aromatic N) is 1. The first-order chi connectivity index (χ1) is 6.92. The van der Waals surface area contributed by atoms with Crippen molar-refractivity contribution in [1.82, 2.24) is 15.5 Å². The first kappa shape index (κ1) is 11.0. The highest BCUT2D eigenvalue weighted by Gasteiger charge is 2.28. The van der Waals surface area contributed by atoms with Crippen LogP contribution in [0.2, 0.25) is 0 Å². The number of urea groups is 1. The minimum atomic E-state index is -1.31. The molecule has 7 nitrogen and oxygen atoms in total. The smallest absolute Gasteiger partial charge is 0.328 e. The molecule has 1 aromatic heterocycles. The van der Waals surface area contributed by atoms with E-state index in [0.717, 1.165) is 0 Å². The van der Waals surface area contributed by atoms with E-state index in [1.165, 1.54) is 26.2 Å². The van der Waals surface area contributed by atoms with E-state index in [2.05, 4.69) is 20.8 Å². The van der Waals surface area contributed by atoms with Gasteiger partial charge in [-0.2, -0.15) is 5.10 Å². The molecule has 7 heteroatoms. The van der Waals surface area contributed by atoms with Gasteiger partial charge in [-0.15, -0.1) is 0 Å². The van der Waals surface area contributed by atoms with Gasteiger partial charge in [0.1, 0.15) is 5.54 Å².